The minimum absolute atomic E-state index is 0.662. The summed E-state index contributed by atoms with van der Waals surface area (Å²) in [4.78, 5) is 2.73. The monoisotopic (exact) mass is 258 g/mol. The maximum Gasteiger partial charge on any atom is 0.0351 e. The third-order valence-corrected chi connectivity index (χ3v) is 4.89. The van der Waals surface area contributed by atoms with Crippen LogP contribution < -0.4 is 5.32 Å². The molecule has 0 spiro atoms. The highest BCUT2D eigenvalue weighted by Gasteiger charge is 2.28. The number of rotatable bonds is 2. The third kappa shape index (κ3) is 2.85. The molecule has 2 atom stereocenters. The van der Waals surface area contributed by atoms with E-state index in [1.807, 2.05) is 0 Å². The van der Waals surface area contributed by atoms with Crippen molar-refractivity contribution in [2.24, 2.45) is 0 Å². The number of benzene rings is 1. The van der Waals surface area contributed by atoms with Crippen molar-refractivity contribution in [1.82, 2.24) is 10.2 Å². The number of piperidine rings is 1. The molecule has 1 aliphatic heterocycles. The fourth-order valence-corrected chi connectivity index (χ4v) is 3.80. The van der Waals surface area contributed by atoms with E-state index in [-0.39, 0.29) is 0 Å². The first-order valence-electron chi connectivity index (χ1n) is 7.87. The molecule has 0 aromatic heterocycles. The van der Waals surface area contributed by atoms with Gasteiger partial charge in [-0.2, -0.15) is 0 Å². The summed E-state index contributed by atoms with van der Waals surface area (Å²) in [6, 6.07) is 10.5. The molecule has 104 valence electrons. The van der Waals surface area contributed by atoms with Gasteiger partial charge in [0, 0.05) is 18.6 Å². The SMILES string of the molecule is CNC1CCCN(C2CCCCc3ccccc32)C1. The summed E-state index contributed by atoms with van der Waals surface area (Å²) in [5.74, 6) is 0. The average Bonchev–Trinajstić information content (AvgIpc) is 2.69. The Morgan fingerprint density at radius 1 is 1.11 bits per heavy atom. The Kier molecular flexibility index (Phi) is 4.19. The van der Waals surface area contributed by atoms with E-state index in [0.29, 0.717) is 12.1 Å². The number of likely N-dealkylation sites (N-methyl/N-ethyl adjacent to an activating group) is 1. The van der Waals surface area contributed by atoms with Gasteiger partial charge in [-0.3, -0.25) is 4.90 Å². The summed E-state index contributed by atoms with van der Waals surface area (Å²) < 4.78 is 0. The first-order chi connectivity index (χ1) is 9.38. The zero-order valence-corrected chi connectivity index (χ0v) is 12.1. The maximum atomic E-state index is 3.47. The van der Waals surface area contributed by atoms with E-state index < -0.39 is 0 Å². The first kappa shape index (κ1) is 13.1. The number of hydrogen-bond donors (Lipinski definition) is 1. The summed E-state index contributed by atoms with van der Waals surface area (Å²) in [7, 11) is 2.11. The fourth-order valence-electron chi connectivity index (χ4n) is 3.80. The summed E-state index contributed by atoms with van der Waals surface area (Å²) in [6.07, 6.45) is 8.02. The van der Waals surface area contributed by atoms with E-state index in [9.17, 15) is 0 Å². The Hall–Kier alpha value is -0.860. The van der Waals surface area contributed by atoms with Crippen molar-refractivity contribution in [3.05, 3.63) is 35.4 Å². The summed E-state index contributed by atoms with van der Waals surface area (Å²) in [5, 5.41) is 3.47. The maximum absolute atomic E-state index is 3.47. The van der Waals surface area contributed by atoms with Gasteiger partial charge in [0.1, 0.15) is 0 Å². The van der Waals surface area contributed by atoms with Crippen LogP contribution in [0.25, 0.3) is 0 Å². The minimum atomic E-state index is 0.662. The number of nitrogens with one attached hydrogen (secondary N) is 1. The van der Waals surface area contributed by atoms with Crippen LogP contribution in [0.1, 0.15) is 49.3 Å². The van der Waals surface area contributed by atoms with Crippen molar-refractivity contribution in [2.75, 3.05) is 20.1 Å². The molecule has 2 heteroatoms. The molecule has 2 nitrogen and oxygen atoms in total. The summed E-state index contributed by atoms with van der Waals surface area (Å²) >= 11 is 0. The molecule has 1 aromatic rings. The predicted octanol–water partition coefficient (Wildman–Crippen LogP) is 3.14. The molecule has 0 saturated carbocycles. The Morgan fingerprint density at radius 2 is 2.00 bits per heavy atom. The van der Waals surface area contributed by atoms with Gasteiger partial charge < -0.3 is 5.32 Å². The van der Waals surface area contributed by atoms with Crippen molar-refractivity contribution in [3.8, 4) is 0 Å². The van der Waals surface area contributed by atoms with Gasteiger partial charge in [-0.25, -0.2) is 0 Å². The van der Waals surface area contributed by atoms with E-state index in [2.05, 4.69) is 41.5 Å². The van der Waals surface area contributed by atoms with Gasteiger partial charge in [0.25, 0.3) is 0 Å². The molecule has 1 aromatic carbocycles. The van der Waals surface area contributed by atoms with Gasteiger partial charge in [-0.05, 0) is 56.8 Å². The van der Waals surface area contributed by atoms with Crippen molar-refractivity contribution in [1.29, 1.82) is 0 Å². The molecule has 0 amide bonds. The van der Waals surface area contributed by atoms with Gasteiger partial charge in [0.15, 0.2) is 0 Å². The fraction of sp³-hybridized carbons (Fsp3) is 0.647. The molecule has 0 bridgehead atoms. The Bertz CT molecular complexity index is 415. The second kappa shape index (κ2) is 6.06. The highest BCUT2D eigenvalue weighted by atomic mass is 15.2. The van der Waals surface area contributed by atoms with E-state index >= 15 is 0 Å². The topological polar surface area (TPSA) is 15.3 Å². The van der Waals surface area contributed by atoms with Gasteiger partial charge in [0.05, 0.1) is 0 Å². The van der Waals surface area contributed by atoms with E-state index in [4.69, 9.17) is 0 Å². The Morgan fingerprint density at radius 3 is 2.89 bits per heavy atom. The standard InChI is InChI=1S/C17H26N2/c1-18-15-9-6-12-19(13-15)17-11-5-3-8-14-7-2-4-10-16(14)17/h2,4,7,10,15,17-18H,3,5-6,8-9,11-13H2,1H3. The van der Waals surface area contributed by atoms with Crippen LogP contribution in [0.15, 0.2) is 24.3 Å². The molecule has 1 aliphatic carbocycles. The number of fused-ring (bicyclic) bond motifs is 1. The van der Waals surface area contributed by atoms with Gasteiger partial charge in [-0.15, -0.1) is 0 Å². The minimum Gasteiger partial charge on any atom is -0.316 e. The molecule has 2 aliphatic rings. The van der Waals surface area contributed by atoms with Crippen molar-refractivity contribution in [3.63, 3.8) is 0 Å². The zero-order valence-electron chi connectivity index (χ0n) is 12.1. The number of hydrogen-bond acceptors (Lipinski definition) is 2. The average molecular weight is 258 g/mol. The lowest BCUT2D eigenvalue weighted by Crippen LogP contribution is -2.45. The van der Waals surface area contributed by atoms with E-state index in [1.54, 1.807) is 11.1 Å². The molecular formula is C17H26N2. The van der Waals surface area contributed by atoms with Gasteiger partial charge >= 0.3 is 0 Å². The number of nitrogens with zero attached hydrogens (tertiary/aromatic N) is 1. The largest absolute Gasteiger partial charge is 0.316 e. The molecule has 1 saturated heterocycles. The highest BCUT2D eigenvalue weighted by molar-refractivity contribution is 5.31. The van der Waals surface area contributed by atoms with Gasteiger partial charge in [-0.1, -0.05) is 30.7 Å². The second-order valence-corrected chi connectivity index (χ2v) is 6.08. The zero-order chi connectivity index (χ0) is 13.1. The molecule has 19 heavy (non-hydrogen) atoms. The number of aryl methyl sites for hydroxylation is 1. The van der Waals surface area contributed by atoms with Gasteiger partial charge in [0.2, 0.25) is 0 Å². The lowest BCUT2D eigenvalue weighted by atomic mass is 9.95. The van der Waals surface area contributed by atoms with Crippen LogP contribution in [-0.4, -0.2) is 31.1 Å². The normalized spacial score (nSPS) is 28.7. The van der Waals surface area contributed by atoms with Crippen LogP contribution in [-0.2, 0) is 6.42 Å². The molecule has 1 fully saturated rings. The smallest absolute Gasteiger partial charge is 0.0351 e. The molecule has 1 heterocycles. The van der Waals surface area contributed by atoms with Crippen molar-refractivity contribution in [2.45, 2.75) is 50.6 Å². The van der Waals surface area contributed by atoms with E-state index in [1.165, 1.54) is 51.6 Å². The van der Waals surface area contributed by atoms with Crippen molar-refractivity contribution >= 4 is 0 Å². The lowest BCUT2D eigenvalue weighted by molar-refractivity contribution is 0.132. The summed E-state index contributed by atoms with van der Waals surface area (Å²) in [6.45, 7) is 2.49. The van der Waals surface area contributed by atoms with Crippen LogP contribution in [0.5, 0.6) is 0 Å². The second-order valence-electron chi connectivity index (χ2n) is 6.08. The van der Waals surface area contributed by atoms with E-state index in [0.717, 1.165) is 0 Å². The third-order valence-electron chi connectivity index (χ3n) is 4.89. The molecule has 3 rings (SSSR count). The van der Waals surface area contributed by atoms with Crippen LogP contribution in [0.3, 0.4) is 0 Å². The predicted molar refractivity (Wildman–Crippen MR) is 80.4 cm³/mol. The molecular weight excluding hydrogens is 232 g/mol. The first-order valence-corrected chi connectivity index (χ1v) is 7.87. The molecule has 2 unspecified atom stereocenters. The lowest BCUT2D eigenvalue weighted by Gasteiger charge is -2.38. The summed E-state index contributed by atoms with van der Waals surface area (Å²) in [5.41, 5.74) is 3.20. The molecule has 1 N–H and O–H groups in total. The van der Waals surface area contributed by atoms with Crippen LogP contribution >= 0.6 is 0 Å². The Labute approximate surface area is 117 Å². The Balaban J connectivity index is 1.83. The van der Waals surface area contributed by atoms with Crippen LogP contribution in [0.4, 0.5) is 0 Å². The van der Waals surface area contributed by atoms with Crippen LogP contribution in [0, 0.1) is 0 Å². The molecule has 0 radical (unpaired) electrons. The van der Waals surface area contributed by atoms with Crippen molar-refractivity contribution < 1.29 is 0 Å². The van der Waals surface area contributed by atoms with Crippen LogP contribution in [0.2, 0.25) is 0 Å². The highest BCUT2D eigenvalue weighted by Crippen LogP contribution is 2.34. The number of likely N-dealkylation sites (tertiary alicyclic amines) is 1. The quantitative estimate of drug-likeness (QED) is 0.820.